The maximum absolute atomic E-state index is 14.4. The fourth-order valence-corrected chi connectivity index (χ4v) is 4.40. The number of aromatic nitrogens is 1. The summed E-state index contributed by atoms with van der Waals surface area (Å²) in [7, 11) is 0. The van der Waals surface area contributed by atoms with Crippen LogP contribution < -0.4 is 4.74 Å². The van der Waals surface area contributed by atoms with Gasteiger partial charge in [0.25, 0.3) is 0 Å². The highest BCUT2D eigenvalue weighted by molar-refractivity contribution is 5.92. The first-order valence-corrected chi connectivity index (χ1v) is 10.1. The third-order valence-electron chi connectivity index (χ3n) is 5.76. The third-order valence-corrected chi connectivity index (χ3v) is 5.76. The molecule has 0 spiro atoms. The van der Waals surface area contributed by atoms with Crippen LogP contribution in [-0.2, 0) is 4.79 Å². The maximum atomic E-state index is 14.4. The van der Waals surface area contributed by atoms with Crippen LogP contribution in [0.15, 0.2) is 48.8 Å². The number of carbonyl (C=O) groups excluding carboxylic acids is 1. The molecule has 1 aliphatic heterocycles. The number of rotatable bonds is 5. The molecule has 1 aromatic heterocycles. The van der Waals surface area contributed by atoms with E-state index < -0.39 is 5.82 Å². The zero-order chi connectivity index (χ0) is 19.3. The largest absolute Gasteiger partial charge is 0.453 e. The van der Waals surface area contributed by atoms with Crippen LogP contribution in [-0.4, -0.2) is 28.4 Å². The van der Waals surface area contributed by atoms with E-state index in [0.29, 0.717) is 23.3 Å². The first-order chi connectivity index (χ1) is 13.7. The van der Waals surface area contributed by atoms with Gasteiger partial charge in [0.1, 0.15) is 5.75 Å². The van der Waals surface area contributed by atoms with Gasteiger partial charge in [-0.2, -0.15) is 0 Å². The summed E-state index contributed by atoms with van der Waals surface area (Å²) in [6.07, 6.45) is 13.7. The zero-order valence-corrected chi connectivity index (χ0v) is 15.9. The van der Waals surface area contributed by atoms with Crippen molar-refractivity contribution in [1.29, 1.82) is 0 Å². The van der Waals surface area contributed by atoms with Gasteiger partial charge in [-0.05, 0) is 67.5 Å². The standard InChI is InChI=1S/C23H25FN2O2/c24-20-15-17(9-11-22(20)28-19-7-3-13-25-16-19)10-12-23(27)26-14-4-8-21(26)18-5-1-2-6-18/h3,7,9-13,15-16,18,21H,1-2,4-6,8,14H2/b12-10+. The van der Waals surface area contributed by atoms with Gasteiger partial charge in [0.2, 0.25) is 5.91 Å². The highest BCUT2D eigenvalue weighted by Gasteiger charge is 2.34. The van der Waals surface area contributed by atoms with Crippen LogP contribution in [0.5, 0.6) is 11.5 Å². The lowest BCUT2D eigenvalue weighted by Gasteiger charge is -2.28. The molecule has 1 aliphatic carbocycles. The van der Waals surface area contributed by atoms with Crippen molar-refractivity contribution in [3.8, 4) is 11.5 Å². The van der Waals surface area contributed by atoms with E-state index in [-0.39, 0.29) is 11.7 Å². The van der Waals surface area contributed by atoms with Crippen molar-refractivity contribution in [3.05, 3.63) is 60.2 Å². The van der Waals surface area contributed by atoms with Gasteiger partial charge in [-0.15, -0.1) is 0 Å². The molecule has 28 heavy (non-hydrogen) atoms. The first kappa shape index (κ1) is 18.7. The molecule has 0 bridgehead atoms. The Morgan fingerprint density at radius 2 is 2.04 bits per heavy atom. The number of amides is 1. The van der Waals surface area contributed by atoms with Crippen LogP contribution in [0.2, 0.25) is 0 Å². The normalized spacial score (nSPS) is 20.2. The number of nitrogens with zero attached hydrogens (tertiary/aromatic N) is 2. The summed E-state index contributed by atoms with van der Waals surface area (Å²) < 4.78 is 19.9. The zero-order valence-electron chi connectivity index (χ0n) is 15.9. The van der Waals surface area contributed by atoms with Gasteiger partial charge in [-0.1, -0.05) is 18.9 Å². The molecule has 2 heterocycles. The molecule has 0 N–H and O–H groups in total. The summed E-state index contributed by atoms with van der Waals surface area (Å²) in [5, 5.41) is 0. The molecule has 146 valence electrons. The molecule has 2 fully saturated rings. The Morgan fingerprint density at radius 3 is 2.79 bits per heavy atom. The Kier molecular flexibility index (Phi) is 5.70. The van der Waals surface area contributed by atoms with Gasteiger partial charge < -0.3 is 9.64 Å². The molecular weight excluding hydrogens is 355 g/mol. The molecule has 5 heteroatoms. The summed E-state index contributed by atoms with van der Waals surface area (Å²) in [6, 6.07) is 8.53. The fourth-order valence-electron chi connectivity index (χ4n) is 4.40. The summed E-state index contributed by atoms with van der Waals surface area (Å²) in [6.45, 7) is 0.830. The van der Waals surface area contributed by atoms with Crippen molar-refractivity contribution in [2.45, 2.75) is 44.6 Å². The second kappa shape index (κ2) is 8.55. The van der Waals surface area contributed by atoms with Gasteiger partial charge in [0.15, 0.2) is 11.6 Å². The second-order valence-corrected chi connectivity index (χ2v) is 7.60. The first-order valence-electron chi connectivity index (χ1n) is 10.1. The summed E-state index contributed by atoms with van der Waals surface area (Å²) >= 11 is 0. The van der Waals surface area contributed by atoms with Gasteiger partial charge in [-0.25, -0.2) is 4.39 Å². The lowest BCUT2D eigenvalue weighted by molar-refractivity contribution is -0.127. The van der Waals surface area contributed by atoms with E-state index in [1.54, 1.807) is 42.6 Å². The van der Waals surface area contributed by atoms with Gasteiger partial charge >= 0.3 is 0 Å². The monoisotopic (exact) mass is 380 g/mol. The molecule has 1 saturated carbocycles. The Balaban J connectivity index is 1.41. The van der Waals surface area contributed by atoms with Crippen LogP contribution in [0.25, 0.3) is 6.08 Å². The maximum Gasteiger partial charge on any atom is 0.246 e. The Bertz CT molecular complexity index is 847. The average molecular weight is 380 g/mol. The molecule has 2 aromatic rings. The lowest BCUT2D eigenvalue weighted by atomic mass is 9.96. The predicted molar refractivity (Wildman–Crippen MR) is 106 cm³/mol. The average Bonchev–Trinajstić information content (AvgIpc) is 3.40. The molecule has 1 saturated heterocycles. The summed E-state index contributed by atoms with van der Waals surface area (Å²) in [5.74, 6) is 0.833. The Morgan fingerprint density at radius 1 is 1.18 bits per heavy atom. The van der Waals surface area contributed by atoms with Crippen molar-refractivity contribution in [2.24, 2.45) is 5.92 Å². The number of carbonyl (C=O) groups is 1. The van der Waals surface area contributed by atoms with Crippen molar-refractivity contribution < 1.29 is 13.9 Å². The Labute approximate surface area is 165 Å². The number of hydrogen-bond donors (Lipinski definition) is 0. The number of likely N-dealkylation sites (tertiary alicyclic amines) is 1. The minimum absolute atomic E-state index is 0.0329. The van der Waals surface area contributed by atoms with Crippen LogP contribution in [0.1, 0.15) is 44.1 Å². The quantitative estimate of drug-likeness (QED) is 0.669. The minimum Gasteiger partial charge on any atom is -0.453 e. The molecule has 4 rings (SSSR count). The highest BCUT2D eigenvalue weighted by Crippen LogP contribution is 2.35. The molecule has 4 nitrogen and oxygen atoms in total. The van der Waals surface area contributed by atoms with Crippen LogP contribution in [0.4, 0.5) is 4.39 Å². The van der Waals surface area contributed by atoms with Crippen LogP contribution in [0, 0.1) is 11.7 Å². The van der Waals surface area contributed by atoms with Crippen LogP contribution >= 0.6 is 0 Å². The molecule has 1 aromatic carbocycles. The van der Waals surface area contributed by atoms with E-state index in [0.717, 1.165) is 19.4 Å². The SMILES string of the molecule is O=C(/C=C/c1ccc(Oc2cccnc2)c(F)c1)N1CCCC1C1CCCC1. The van der Waals surface area contributed by atoms with E-state index in [1.807, 2.05) is 4.90 Å². The molecule has 1 unspecified atom stereocenters. The molecule has 0 radical (unpaired) electrons. The fraction of sp³-hybridized carbons (Fsp3) is 0.391. The molecule has 2 aliphatic rings. The minimum atomic E-state index is -0.469. The molecule has 1 amide bonds. The van der Waals surface area contributed by atoms with E-state index in [2.05, 4.69) is 4.98 Å². The van der Waals surface area contributed by atoms with Gasteiger partial charge in [-0.3, -0.25) is 9.78 Å². The van der Waals surface area contributed by atoms with Crippen LogP contribution in [0.3, 0.4) is 0 Å². The number of halogens is 1. The van der Waals surface area contributed by atoms with Crippen molar-refractivity contribution in [1.82, 2.24) is 9.88 Å². The number of benzene rings is 1. The van der Waals surface area contributed by atoms with Gasteiger partial charge in [0, 0.05) is 24.9 Å². The second-order valence-electron chi connectivity index (χ2n) is 7.60. The smallest absolute Gasteiger partial charge is 0.246 e. The lowest BCUT2D eigenvalue weighted by Crippen LogP contribution is -2.38. The van der Waals surface area contributed by atoms with Crippen molar-refractivity contribution in [3.63, 3.8) is 0 Å². The van der Waals surface area contributed by atoms with E-state index >= 15 is 0 Å². The predicted octanol–water partition coefficient (Wildman–Crippen LogP) is 5.21. The van der Waals surface area contributed by atoms with Crippen molar-refractivity contribution in [2.75, 3.05) is 6.54 Å². The number of pyridine rings is 1. The molecular formula is C23H25FN2O2. The van der Waals surface area contributed by atoms with E-state index in [4.69, 9.17) is 4.74 Å². The highest BCUT2D eigenvalue weighted by atomic mass is 19.1. The van der Waals surface area contributed by atoms with Crippen molar-refractivity contribution >= 4 is 12.0 Å². The number of ether oxygens (including phenoxy) is 1. The Hall–Kier alpha value is -2.69. The van der Waals surface area contributed by atoms with E-state index in [1.165, 1.54) is 37.9 Å². The topological polar surface area (TPSA) is 42.4 Å². The molecule has 1 atom stereocenters. The number of hydrogen-bond acceptors (Lipinski definition) is 3. The summed E-state index contributed by atoms with van der Waals surface area (Å²) in [5.41, 5.74) is 0.640. The summed E-state index contributed by atoms with van der Waals surface area (Å²) in [4.78, 5) is 18.7. The van der Waals surface area contributed by atoms with E-state index in [9.17, 15) is 9.18 Å². The van der Waals surface area contributed by atoms with Gasteiger partial charge in [0.05, 0.1) is 6.20 Å². The third kappa shape index (κ3) is 4.24.